The van der Waals surface area contributed by atoms with Crippen molar-refractivity contribution in [2.24, 2.45) is 0 Å². The smallest absolute Gasteiger partial charge is 0.321 e. The van der Waals surface area contributed by atoms with E-state index in [1.165, 1.54) is 13.8 Å². The molecular weight excluding hydrogens is 392 g/mol. The van der Waals surface area contributed by atoms with Gasteiger partial charge in [0.05, 0.1) is 12.7 Å². The minimum Gasteiger partial charge on any atom is -0.456 e. The lowest BCUT2D eigenvalue weighted by atomic mass is 9.98. The van der Waals surface area contributed by atoms with Crippen LogP contribution in [0, 0.1) is 0 Å². The number of benzene rings is 1. The number of hydrogen-bond donors (Lipinski definition) is 0. The number of ether oxygens (including phenoxy) is 5. The van der Waals surface area contributed by atoms with Crippen LogP contribution in [0.4, 0.5) is 0 Å². The van der Waals surface area contributed by atoms with Crippen molar-refractivity contribution in [3.8, 4) is 0 Å². The molecule has 1 heterocycles. The van der Waals surface area contributed by atoms with Gasteiger partial charge < -0.3 is 23.7 Å². The quantitative estimate of drug-likeness (QED) is 0.379. The number of alkyl halides is 1. The van der Waals surface area contributed by atoms with E-state index < -0.39 is 48.6 Å². The standard InChI is InChI=1S/C19H23ClO8/c1-11-16(28-15(23)9-20)17(24-10-14-7-5-4-6-8-14)18(26-12(2)21)19(25-11)27-13(3)22/h4-8,11,16-19H,9-10H2,1-3H3. The van der Waals surface area contributed by atoms with Crippen LogP contribution in [0.25, 0.3) is 0 Å². The van der Waals surface area contributed by atoms with Gasteiger partial charge in [-0.2, -0.15) is 0 Å². The highest BCUT2D eigenvalue weighted by Crippen LogP contribution is 2.30. The first-order chi connectivity index (χ1) is 13.3. The van der Waals surface area contributed by atoms with Crippen molar-refractivity contribution < 1.29 is 38.1 Å². The van der Waals surface area contributed by atoms with Crippen molar-refractivity contribution in [2.45, 2.75) is 58.1 Å². The molecule has 0 aromatic heterocycles. The Kier molecular flexibility index (Phi) is 8.22. The molecule has 1 fully saturated rings. The van der Waals surface area contributed by atoms with Gasteiger partial charge in [0.15, 0.2) is 12.2 Å². The molecule has 8 nitrogen and oxygen atoms in total. The molecular formula is C19H23ClO8. The zero-order valence-corrected chi connectivity index (χ0v) is 16.6. The molecule has 0 spiro atoms. The highest BCUT2D eigenvalue weighted by atomic mass is 35.5. The lowest BCUT2D eigenvalue weighted by Gasteiger charge is -2.43. The molecule has 0 amide bonds. The molecule has 0 N–H and O–H groups in total. The lowest BCUT2D eigenvalue weighted by Crippen LogP contribution is -2.61. The SMILES string of the molecule is CC(=O)OC1OC(C)C(OC(=O)CCl)C(OCc2ccccc2)C1OC(C)=O. The summed E-state index contributed by atoms with van der Waals surface area (Å²) < 4.78 is 27.4. The molecule has 1 aromatic rings. The molecule has 1 saturated heterocycles. The second-order valence-electron chi connectivity index (χ2n) is 6.24. The molecule has 28 heavy (non-hydrogen) atoms. The maximum Gasteiger partial charge on any atom is 0.321 e. The number of esters is 3. The Morgan fingerprint density at radius 1 is 0.964 bits per heavy atom. The first-order valence-corrected chi connectivity index (χ1v) is 9.26. The van der Waals surface area contributed by atoms with Gasteiger partial charge in [-0.3, -0.25) is 14.4 Å². The van der Waals surface area contributed by atoms with Crippen molar-refractivity contribution in [1.29, 1.82) is 0 Å². The third-order valence-corrected chi connectivity index (χ3v) is 4.19. The van der Waals surface area contributed by atoms with Crippen LogP contribution in [0.2, 0.25) is 0 Å². The molecule has 0 radical (unpaired) electrons. The largest absolute Gasteiger partial charge is 0.456 e. The zero-order chi connectivity index (χ0) is 20.7. The predicted molar refractivity (Wildman–Crippen MR) is 97.3 cm³/mol. The summed E-state index contributed by atoms with van der Waals surface area (Å²) in [6, 6.07) is 9.27. The number of carbonyl (C=O) groups is 3. The van der Waals surface area contributed by atoms with Crippen LogP contribution in [-0.4, -0.2) is 54.5 Å². The van der Waals surface area contributed by atoms with E-state index in [0.29, 0.717) is 0 Å². The highest BCUT2D eigenvalue weighted by Gasteiger charge is 2.50. The summed E-state index contributed by atoms with van der Waals surface area (Å²) in [7, 11) is 0. The van der Waals surface area contributed by atoms with Gasteiger partial charge in [0, 0.05) is 13.8 Å². The molecule has 0 saturated carbocycles. The van der Waals surface area contributed by atoms with Crippen molar-refractivity contribution in [2.75, 3.05) is 5.88 Å². The average molecular weight is 415 g/mol. The second-order valence-corrected chi connectivity index (χ2v) is 6.51. The van der Waals surface area contributed by atoms with E-state index in [0.717, 1.165) is 5.56 Å². The molecule has 0 aliphatic carbocycles. The van der Waals surface area contributed by atoms with Crippen molar-refractivity contribution in [3.63, 3.8) is 0 Å². The fourth-order valence-corrected chi connectivity index (χ4v) is 2.91. The number of hydrogen-bond acceptors (Lipinski definition) is 8. The summed E-state index contributed by atoms with van der Waals surface area (Å²) in [5.74, 6) is -2.29. The van der Waals surface area contributed by atoms with E-state index in [2.05, 4.69) is 0 Å². The van der Waals surface area contributed by atoms with Crippen LogP contribution < -0.4 is 0 Å². The minimum atomic E-state index is -1.21. The second kappa shape index (κ2) is 10.4. The van der Waals surface area contributed by atoms with Crippen LogP contribution in [0.1, 0.15) is 26.3 Å². The molecule has 1 aliphatic heterocycles. The molecule has 0 bridgehead atoms. The Hall–Kier alpha value is -2.16. The van der Waals surface area contributed by atoms with Crippen LogP contribution in [0.5, 0.6) is 0 Å². The molecule has 5 atom stereocenters. The Morgan fingerprint density at radius 3 is 2.18 bits per heavy atom. The van der Waals surface area contributed by atoms with E-state index in [9.17, 15) is 14.4 Å². The molecule has 154 valence electrons. The van der Waals surface area contributed by atoms with E-state index in [1.54, 1.807) is 6.92 Å². The summed E-state index contributed by atoms with van der Waals surface area (Å²) in [6.07, 6.45) is -4.91. The topological polar surface area (TPSA) is 97.4 Å². The van der Waals surface area contributed by atoms with Crippen LogP contribution in [0.3, 0.4) is 0 Å². The number of rotatable bonds is 7. The Balaban J connectivity index is 2.30. The van der Waals surface area contributed by atoms with E-state index in [1.807, 2.05) is 30.3 Å². The lowest BCUT2D eigenvalue weighted by molar-refractivity contribution is -0.298. The highest BCUT2D eigenvalue weighted by molar-refractivity contribution is 6.26. The van der Waals surface area contributed by atoms with E-state index in [4.69, 9.17) is 35.3 Å². The minimum absolute atomic E-state index is 0.151. The fourth-order valence-electron chi connectivity index (χ4n) is 2.85. The van der Waals surface area contributed by atoms with Crippen LogP contribution in [-0.2, 0) is 44.7 Å². The first-order valence-electron chi connectivity index (χ1n) is 8.72. The molecule has 5 unspecified atom stereocenters. The fraction of sp³-hybridized carbons (Fsp3) is 0.526. The Morgan fingerprint density at radius 2 is 1.61 bits per heavy atom. The van der Waals surface area contributed by atoms with Gasteiger partial charge in [-0.1, -0.05) is 30.3 Å². The zero-order valence-electron chi connectivity index (χ0n) is 15.8. The maximum atomic E-state index is 11.8. The number of halogens is 1. The summed E-state index contributed by atoms with van der Waals surface area (Å²) in [5.41, 5.74) is 0.856. The van der Waals surface area contributed by atoms with Crippen LogP contribution in [0.15, 0.2) is 30.3 Å². The van der Waals surface area contributed by atoms with Crippen molar-refractivity contribution in [3.05, 3.63) is 35.9 Å². The monoisotopic (exact) mass is 414 g/mol. The maximum absolute atomic E-state index is 11.8. The first kappa shape index (κ1) is 22.1. The van der Waals surface area contributed by atoms with Gasteiger partial charge >= 0.3 is 17.9 Å². The molecule has 1 aromatic carbocycles. The van der Waals surface area contributed by atoms with Gasteiger partial charge in [0.1, 0.15) is 12.0 Å². The third kappa shape index (κ3) is 6.19. The Labute approximate surface area is 168 Å². The van der Waals surface area contributed by atoms with Gasteiger partial charge in [0.25, 0.3) is 0 Å². The summed E-state index contributed by atoms with van der Waals surface area (Å²) in [4.78, 5) is 34.9. The van der Waals surface area contributed by atoms with Gasteiger partial charge in [-0.15, -0.1) is 11.6 Å². The average Bonchev–Trinajstić information content (AvgIpc) is 2.64. The van der Waals surface area contributed by atoms with Crippen LogP contribution >= 0.6 is 11.6 Å². The van der Waals surface area contributed by atoms with Gasteiger partial charge in [-0.05, 0) is 12.5 Å². The van der Waals surface area contributed by atoms with E-state index in [-0.39, 0.29) is 12.5 Å². The van der Waals surface area contributed by atoms with Crippen molar-refractivity contribution in [1.82, 2.24) is 0 Å². The van der Waals surface area contributed by atoms with Crippen molar-refractivity contribution >= 4 is 29.5 Å². The van der Waals surface area contributed by atoms with Gasteiger partial charge in [-0.25, -0.2) is 0 Å². The summed E-state index contributed by atoms with van der Waals surface area (Å²) in [6.45, 7) is 4.19. The third-order valence-electron chi connectivity index (χ3n) is 3.97. The molecule has 2 rings (SSSR count). The summed E-state index contributed by atoms with van der Waals surface area (Å²) in [5, 5.41) is 0. The predicted octanol–water partition coefficient (Wildman–Crippen LogP) is 1.96. The molecule has 9 heteroatoms. The molecule has 1 aliphatic rings. The normalized spacial score (nSPS) is 26.9. The summed E-state index contributed by atoms with van der Waals surface area (Å²) >= 11 is 5.55. The van der Waals surface area contributed by atoms with E-state index >= 15 is 0 Å². The van der Waals surface area contributed by atoms with Gasteiger partial charge in [0.2, 0.25) is 6.29 Å². The Bertz CT molecular complexity index is 680. The number of carbonyl (C=O) groups excluding carboxylic acids is 3.